The van der Waals surface area contributed by atoms with Gasteiger partial charge in [-0.25, -0.2) is 4.39 Å². The first-order valence-electron chi connectivity index (χ1n) is 6.01. The molecule has 1 heterocycles. The van der Waals surface area contributed by atoms with E-state index in [2.05, 4.69) is 0 Å². The molecule has 0 N–H and O–H groups in total. The van der Waals surface area contributed by atoms with Crippen LogP contribution in [0.2, 0.25) is 0 Å². The van der Waals surface area contributed by atoms with E-state index in [9.17, 15) is 4.39 Å². The molecule has 2 heteroatoms. The largest absolute Gasteiger partial charge is 0.316 e. The molecule has 0 amide bonds. The first-order chi connectivity index (χ1) is 8.09. The summed E-state index contributed by atoms with van der Waals surface area (Å²) in [6, 6.07) is 9.30. The second kappa shape index (κ2) is 5.67. The highest BCUT2D eigenvalue weighted by Gasteiger charge is 2.08. The highest BCUT2D eigenvalue weighted by Crippen LogP contribution is 2.19. The lowest BCUT2D eigenvalue weighted by molar-refractivity contribution is 0.614. The number of nitrogens with zero attached hydrogens (tertiary/aromatic N) is 1. The molecular weight excluding hydrogens is 213 g/mol. The van der Waals surface area contributed by atoms with Crippen LogP contribution in [0.1, 0.15) is 30.8 Å². The minimum atomic E-state index is -0.169. The van der Waals surface area contributed by atoms with E-state index in [1.807, 2.05) is 63.5 Å². The number of halogens is 1. The van der Waals surface area contributed by atoms with E-state index in [-0.39, 0.29) is 5.82 Å². The second-order valence-corrected chi connectivity index (χ2v) is 3.91. The molecule has 0 atom stereocenters. The number of hydrogen-bond donors (Lipinski definition) is 0. The van der Waals surface area contributed by atoms with Crippen molar-refractivity contribution in [3.63, 3.8) is 0 Å². The molecule has 0 saturated heterocycles. The van der Waals surface area contributed by atoms with Gasteiger partial charge in [0, 0.05) is 11.4 Å². The molecule has 0 bridgehead atoms. The lowest BCUT2D eigenvalue weighted by Gasteiger charge is -2.10. The van der Waals surface area contributed by atoms with Gasteiger partial charge in [0.15, 0.2) is 0 Å². The van der Waals surface area contributed by atoms with Gasteiger partial charge in [-0.15, -0.1) is 0 Å². The van der Waals surface area contributed by atoms with Crippen LogP contribution in [0.5, 0.6) is 0 Å². The quantitative estimate of drug-likeness (QED) is 0.680. The molecule has 0 saturated carbocycles. The topological polar surface area (TPSA) is 4.93 Å². The van der Waals surface area contributed by atoms with Crippen molar-refractivity contribution in [2.75, 3.05) is 0 Å². The van der Waals surface area contributed by atoms with Crippen molar-refractivity contribution in [3.05, 3.63) is 53.1 Å². The molecule has 0 radical (unpaired) electrons. The second-order valence-electron chi connectivity index (χ2n) is 3.91. The van der Waals surface area contributed by atoms with Crippen molar-refractivity contribution >= 4 is 0 Å². The highest BCUT2D eigenvalue weighted by atomic mass is 19.1. The molecule has 0 unspecified atom stereocenters. The van der Waals surface area contributed by atoms with Crippen LogP contribution in [0.25, 0.3) is 5.69 Å². The van der Waals surface area contributed by atoms with E-state index >= 15 is 0 Å². The van der Waals surface area contributed by atoms with Crippen LogP contribution in [0.3, 0.4) is 0 Å². The lowest BCUT2D eigenvalue weighted by atomic mass is 10.2. The van der Waals surface area contributed by atoms with Crippen molar-refractivity contribution in [2.24, 2.45) is 0 Å². The minimum absolute atomic E-state index is 0.169. The SMILES string of the molecule is CC.Cc1ccc(-n2c(C)ccc2C)c(F)c1. The number of hydrogen-bond acceptors (Lipinski definition) is 0. The molecular formula is C15H20FN. The summed E-state index contributed by atoms with van der Waals surface area (Å²) in [5.74, 6) is -0.169. The fourth-order valence-electron chi connectivity index (χ4n) is 1.84. The third-order valence-electron chi connectivity index (χ3n) is 2.62. The fraction of sp³-hybridized carbons (Fsp3) is 0.333. The van der Waals surface area contributed by atoms with Gasteiger partial charge in [-0.2, -0.15) is 0 Å². The van der Waals surface area contributed by atoms with E-state index < -0.39 is 0 Å². The number of aryl methyl sites for hydroxylation is 3. The van der Waals surface area contributed by atoms with E-state index in [1.165, 1.54) is 0 Å². The molecule has 2 rings (SSSR count). The van der Waals surface area contributed by atoms with Gasteiger partial charge in [0.05, 0.1) is 5.69 Å². The summed E-state index contributed by atoms with van der Waals surface area (Å²) < 4.78 is 15.7. The third kappa shape index (κ3) is 2.76. The number of rotatable bonds is 1. The maximum Gasteiger partial charge on any atom is 0.147 e. The Hall–Kier alpha value is -1.57. The standard InChI is InChI=1S/C13H14FN.C2H6/c1-9-4-7-13(12(14)8-9)15-10(2)5-6-11(15)3;1-2/h4-8H,1-3H3;1-2H3. The van der Waals surface area contributed by atoms with Crippen molar-refractivity contribution in [2.45, 2.75) is 34.6 Å². The van der Waals surface area contributed by atoms with Gasteiger partial charge in [0.25, 0.3) is 0 Å². The van der Waals surface area contributed by atoms with Crippen LogP contribution in [-0.4, -0.2) is 4.57 Å². The first-order valence-corrected chi connectivity index (χ1v) is 6.01. The maximum absolute atomic E-state index is 13.8. The Bertz CT molecular complexity index is 478. The summed E-state index contributed by atoms with van der Waals surface area (Å²) in [7, 11) is 0. The smallest absolute Gasteiger partial charge is 0.147 e. The summed E-state index contributed by atoms with van der Waals surface area (Å²) >= 11 is 0. The summed E-state index contributed by atoms with van der Waals surface area (Å²) in [5.41, 5.74) is 3.67. The van der Waals surface area contributed by atoms with Gasteiger partial charge in [0.2, 0.25) is 0 Å². The zero-order chi connectivity index (χ0) is 13.0. The summed E-state index contributed by atoms with van der Waals surface area (Å²) in [4.78, 5) is 0. The van der Waals surface area contributed by atoms with E-state index in [4.69, 9.17) is 0 Å². The number of benzene rings is 1. The van der Waals surface area contributed by atoms with E-state index in [0.29, 0.717) is 5.69 Å². The molecule has 0 fully saturated rings. The predicted molar refractivity (Wildman–Crippen MR) is 71.3 cm³/mol. The van der Waals surface area contributed by atoms with Crippen LogP contribution < -0.4 is 0 Å². The van der Waals surface area contributed by atoms with E-state index in [0.717, 1.165) is 17.0 Å². The summed E-state index contributed by atoms with van der Waals surface area (Å²) in [6.07, 6.45) is 0. The molecule has 0 aliphatic carbocycles. The van der Waals surface area contributed by atoms with Gasteiger partial charge in [0.1, 0.15) is 5.82 Å². The molecule has 1 aromatic carbocycles. The average molecular weight is 233 g/mol. The zero-order valence-electron chi connectivity index (χ0n) is 11.2. The van der Waals surface area contributed by atoms with Crippen LogP contribution in [0.4, 0.5) is 4.39 Å². The third-order valence-corrected chi connectivity index (χ3v) is 2.62. The number of aromatic nitrogens is 1. The Morgan fingerprint density at radius 3 is 1.88 bits per heavy atom. The Morgan fingerprint density at radius 2 is 1.41 bits per heavy atom. The Balaban J connectivity index is 0.000000686. The first kappa shape index (κ1) is 13.5. The minimum Gasteiger partial charge on any atom is -0.316 e. The van der Waals surface area contributed by atoms with E-state index in [1.54, 1.807) is 6.07 Å². The van der Waals surface area contributed by atoms with Gasteiger partial charge >= 0.3 is 0 Å². The predicted octanol–water partition coefficient (Wildman–Crippen LogP) is 4.57. The maximum atomic E-state index is 13.8. The molecule has 0 aliphatic heterocycles. The Labute approximate surface area is 103 Å². The Morgan fingerprint density at radius 1 is 0.882 bits per heavy atom. The molecule has 92 valence electrons. The van der Waals surface area contributed by atoms with Gasteiger partial charge in [-0.1, -0.05) is 19.9 Å². The Kier molecular flexibility index (Phi) is 4.50. The lowest BCUT2D eigenvalue weighted by Crippen LogP contribution is -2.01. The molecule has 0 spiro atoms. The van der Waals surface area contributed by atoms with Crippen LogP contribution in [0, 0.1) is 26.6 Å². The van der Waals surface area contributed by atoms with Crippen LogP contribution >= 0.6 is 0 Å². The molecule has 1 nitrogen and oxygen atoms in total. The van der Waals surface area contributed by atoms with Crippen molar-refractivity contribution in [1.82, 2.24) is 4.57 Å². The molecule has 0 aliphatic rings. The summed E-state index contributed by atoms with van der Waals surface area (Å²) in [6.45, 7) is 9.85. The van der Waals surface area contributed by atoms with Crippen molar-refractivity contribution in [3.8, 4) is 5.69 Å². The molecule has 1 aromatic heterocycles. The van der Waals surface area contributed by atoms with Gasteiger partial charge in [-0.3, -0.25) is 0 Å². The van der Waals surface area contributed by atoms with Gasteiger partial charge < -0.3 is 4.57 Å². The zero-order valence-corrected chi connectivity index (χ0v) is 11.2. The molecule has 2 aromatic rings. The van der Waals surface area contributed by atoms with Crippen molar-refractivity contribution in [1.29, 1.82) is 0 Å². The normalized spacial score (nSPS) is 9.76. The average Bonchev–Trinajstić information content (AvgIpc) is 2.63. The fourth-order valence-corrected chi connectivity index (χ4v) is 1.84. The van der Waals surface area contributed by atoms with Crippen LogP contribution in [0.15, 0.2) is 30.3 Å². The monoisotopic (exact) mass is 233 g/mol. The summed E-state index contributed by atoms with van der Waals surface area (Å²) in [5, 5.41) is 0. The highest BCUT2D eigenvalue weighted by molar-refractivity contribution is 5.40. The van der Waals surface area contributed by atoms with Crippen LogP contribution in [-0.2, 0) is 0 Å². The van der Waals surface area contributed by atoms with Gasteiger partial charge in [-0.05, 0) is 50.6 Å². The molecule has 17 heavy (non-hydrogen) atoms. The van der Waals surface area contributed by atoms with Crippen molar-refractivity contribution < 1.29 is 4.39 Å².